The number of carboxylic acids is 1. The van der Waals surface area contributed by atoms with E-state index in [1.165, 1.54) is 32.5 Å². The van der Waals surface area contributed by atoms with Gasteiger partial charge in [-0.25, -0.2) is 17.9 Å². The van der Waals surface area contributed by atoms with Crippen molar-refractivity contribution in [2.45, 2.75) is 38.8 Å². The zero-order chi connectivity index (χ0) is 16.0. The molecule has 20 heavy (non-hydrogen) atoms. The number of amides is 1. The number of hydrogen-bond donors (Lipinski definition) is 3. The fourth-order valence-corrected chi connectivity index (χ4v) is 2.52. The van der Waals surface area contributed by atoms with Gasteiger partial charge in [-0.15, -0.1) is 0 Å². The van der Waals surface area contributed by atoms with E-state index in [4.69, 9.17) is 5.11 Å². The lowest BCUT2D eigenvalue weighted by molar-refractivity contribution is -0.146. The molecule has 1 unspecified atom stereocenters. The SMILES string of the molecule is CCS(=O)(=O)NC(CCSC)C(=O)NC(C)(C)C(=O)O. The summed E-state index contributed by atoms with van der Waals surface area (Å²) in [5.74, 6) is -1.38. The molecule has 0 fully saturated rings. The first kappa shape index (κ1) is 19.2. The second-order valence-electron chi connectivity index (χ2n) is 4.77. The molecular weight excluding hydrogens is 304 g/mol. The first-order valence-corrected chi connectivity index (χ1v) is 9.14. The Labute approximate surface area is 123 Å². The van der Waals surface area contributed by atoms with Crippen molar-refractivity contribution in [1.29, 1.82) is 0 Å². The molecule has 0 aliphatic carbocycles. The Bertz CT molecular complexity index is 448. The van der Waals surface area contributed by atoms with Crippen molar-refractivity contribution in [3.8, 4) is 0 Å². The van der Waals surface area contributed by atoms with Gasteiger partial charge in [0.15, 0.2) is 0 Å². The van der Waals surface area contributed by atoms with Gasteiger partial charge in [-0.05, 0) is 39.2 Å². The Hall–Kier alpha value is -0.800. The van der Waals surface area contributed by atoms with Gasteiger partial charge in [0.2, 0.25) is 15.9 Å². The topological polar surface area (TPSA) is 113 Å². The average Bonchev–Trinajstić information content (AvgIpc) is 2.33. The molecule has 0 aromatic rings. The lowest BCUT2D eigenvalue weighted by Crippen LogP contribution is -2.56. The molecule has 0 aliphatic rings. The van der Waals surface area contributed by atoms with E-state index in [1.54, 1.807) is 0 Å². The van der Waals surface area contributed by atoms with Crippen LogP contribution < -0.4 is 10.0 Å². The minimum atomic E-state index is -3.54. The first-order chi connectivity index (χ1) is 9.05. The number of nitrogens with one attached hydrogen (secondary N) is 2. The second kappa shape index (κ2) is 7.84. The van der Waals surface area contributed by atoms with Gasteiger partial charge in [-0.1, -0.05) is 0 Å². The van der Waals surface area contributed by atoms with Crippen LogP contribution in [-0.2, 0) is 19.6 Å². The highest BCUT2D eigenvalue weighted by Crippen LogP contribution is 2.07. The number of aliphatic carboxylic acids is 1. The Kier molecular flexibility index (Phi) is 7.53. The van der Waals surface area contributed by atoms with Crippen LogP contribution in [0, 0.1) is 0 Å². The van der Waals surface area contributed by atoms with Crippen molar-refractivity contribution in [2.75, 3.05) is 17.8 Å². The minimum Gasteiger partial charge on any atom is -0.480 e. The van der Waals surface area contributed by atoms with Gasteiger partial charge in [0.25, 0.3) is 0 Å². The zero-order valence-corrected chi connectivity index (χ0v) is 13.7. The van der Waals surface area contributed by atoms with Crippen LogP contribution in [0.5, 0.6) is 0 Å². The van der Waals surface area contributed by atoms with Crippen molar-refractivity contribution >= 4 is 33.7 Å². The number of carbonyl (C=O) groups is 2. The smallest absolute Gasteiger partial charge is 0.328 e. The van der Waals surface area contributed by atoms with Crippen molar-refractivity contribution < 1.29 is 23.1 Å². The van der Waals surface area contributed by atoms with Crippen LogP contribution in [0.1, 0.15) is 27.2 Å². The minimum absolute atomic E-state index is 0.141. The molecule has 118 valence electrons. The van der Waals surface area contributed by atoms with Crippen molar-refractivity contribution in [1.82, 2.24) is 10.0 Å². The van der Waals surface area contributed by atoms with Gasteiger partial charge in [-0.2, -0.15) is 11.8 Å². The molecule has 7 nitrogen and oxygen atoms in total. The molecule has 0 radical (unpaired) electrons. The summed E-state index contributed by atoms with van der Waals surface area (Å²) in [6, 6.07) is -0.967. The van der Waals surface area contributed by atoms with Gasteiger partial charge >= 0.3 is 5.97 Å². The molecule has 0 saturated carbocycles. The highest BCUT2D eigenvalue weighted by Gasteiger charge is 2.32. The van der Waals surface area contributed by atoms with Crippen LogP contribution in [0.2, 0.25) is 0 Å². The van der Waals surface area contributed by atoms with Gasteiger partial charge < -0.3 is 10.4 Å². The number of carboxylic acid groups (broad SMARTS) is 1. The third-order valence-corrected chi connectivity index (χ3v) is 4.65. The molecule has 0 saturated heterocycles. The van der Waals surface area contributed by atoms with E-state index < -0.39 is 33.5 Å². The third-order valence-electron chi connectivity index (χ3n) is 2.60. The summed E-state index contributed by atoms with van der Waals surface area (Å²) >= 11 is 1.47. The fraction of sp³-hybridized carbons (Fsp3) is 0.818. The van der Waals surface area contributed by atoms with Crippen LogP contribution in [0.4, 0.5) is 0 Å². The van der Waals surface area contributed by atoms with E-state index in [1.807, 2.05) is 6.26 Å². The largest absolute Gasteiger partial charge is 0.480 e. The van der Waals surface area contributed by atoms with Crippen molar-refractivity contribution in [3.63, 3.8) is 0 Å². The molecule has 0 rings (SSSR count). The normalized spacial score (nSPS) is 13.8. The summed E-state index contributed by atoms with van der Waals surface area (Å²) < 4.78 is 25.4. The maximum absolute atomic E-state index is 12.1. The molecule has 1 atom stereocenters. The van der Waals surface area contributed by atoms with Gasteiger partial charge in [0, 0.05) is 0 Å². The van der Waals surface area contributed by atoms with E-state index in [2.05, 4.69) is 10.0 Å². The highest BCUT2D eigenvalue weighted by atomic mass is 32.2. The summed E-state index contributed by atoms with van der Waals surface area (Å²) in [6.45, 7) is 4.15. The second-order valence-corrected chi connectivity index (χ2v) is 7.80. The molecule has 0 spiro atoms. The van der Waals surface area contributed by atoms with Crippen LogP contribution in [0.15, 0.2) is 0 Å². The van der Waals surface area contributed by atoms with Crippen LogP contribution in [-0.4, -0.2) is 54.7 Å². The molecule has 0 heterocycles. The maximum atomic E-state index is 12.1. The predicted molar refractivity (Wildman–Crippen MR) is 79.2 cm³/mol. The Morgan fingerprint density at radius 1 is 1.35 bits per heavy atom. The van der Waals surface area contributed by atoms with Gasteiger partial charge in [0.05, 0.1) is 5.75 Å². The lowest BCUT2D eigenvalue weighted by Gasteiger charge is -2.25. The number of hydrogen-bond acceptors (Lipinski definition) is 5. The zero-order valence-electron chi connectivity index (χ0n) is 12.1. The lowest BCUT2D eigenvalue weighted by atomic mass is 10.1. The van der Waals surface area contributed by atoms with Gasteiger partial charge in [-0.3, -0.25) is 4.79 Å². The number of rotatable bonds is 9. The standard InChI is InChI=1S/C11H22N2O5S2/c1-5-20(17,18)13-8(6-7-19-4)9(14)12-11(2,3)10(15)16/h8,13H,5-7H2,1-4H3,(H,12,14)(H,15,16). The molecule has 1 amide bonds. The first-order valence-electron chi connectivity index (χ1n) is 6.10. The highest BCUT2D eigenvalue weighted by molar-refractivity contribution is 7.98. The third kappa shape index (κ3) is 6.58. The molecule has 0 bridgehead atoms. The maximum Gasteiger partial charge on any atom is 0.328 e. The summed E-state index contributed by atoms with van der Waals surface area (Å²) in [6.07, 6.45) is 2.13. The summed E-state index contributed by atoms with van der Waals surface area (Å²) in [5.41, 5.74) is -1.45. The Balaban J connectivity index is 4.95. The van der Waals surface area contributed by atoms with Crippen LogP contribution in [0.25, 0.3) is 0 Å². The van der Waals surface area contributed by atoms with Crippen molar-refractivity contribution in [2.24, 2.45) is 0 Å². The molecule has 9 heteroatoms. The number of carbonyl (C=O) groups excluding carboxylic acids is 1. The summed E-state index contributed by atoms with van der Waals surface area (Å²) in [5, 5.41) is 11.3. The van der Waals surface area contributed by atoms with Crippen molar-refractivity contribution in [3.05, 3.63) is 0 Å². The quantitative estimate of drug-likeness (QED) is 0.551. The summed E-state index contributed by atoms with van der Waals surface area (Å²) in [4.78, 5) is 23.0. The number of sulfonamides is 1. The van der Waals surface area contributed by atoms with E-state index in [9.17, 15) is 18.0 Å². The Morgan fingerprint density at radius 3 is 2.30 bits per heavy atom. The molecule has 0 aromatic carbocycles. The monoisotopic (exact) mass is 326 g/mol. The van der Waals surface area contributed by atoms with E-state index in [0.29, 0.717) is 12.2 Å². The summed E-state index contributed by atoms with van der Waals surface area (Å²) in [7, 11) is -3.54. The molecule has 3 N–H and O–H groups in total. The molecular formula is C11H22N2O5S2. The van der Waals surface area contributed by atoms with E-state index >= 15 is 0 Å². The average molecular weight is 326 g/mol. The molecule has 0 aliphatic heterocycles. The fourth-order valence-electron chi connectivity index (χ4n) is 1.23. The predicted octanol–water partition coefficient (Wildman–Crippen LogP) is 0.0268. The van der Waals surface area contributed by atoms with Gasteiger partial charge in [0.1, 0.15) is 11.6 Å². The molecule has 0 aromatic heterocycles. The van der Waals surface area contributed by atoms with Crippen LogP contribution >= 0.6 is 11.8 Å². The van der Waals surface area contributed by atoms with E-state index in [-0.39, 0.29) is 5.75 Å². The van der Waals surface area contributed by atoms with Crippen LogP contribution in [0.3, 0.4) is 0 Å². The Morgan fingerprint density at radius 2 is 1.90 bits per heavy atom. The number of thioether (sulfide) groups is 1. The van der Waals surface area contributed by atoms with E-state index in [0.717, 1.165) is 0 Å².